The van der Waals surface area contributed by atoms with Crippen molar-refractivity contribution >= 4 is 29.3 Å². The smallest absolute Gasteiger partial charge is 0.371 e. The number of hydrogen-bond donors (Lipinski definition) is 1. The van der Waals surface area contributed by atoms with Gasteiger partial charge in [-0.3, -0.25) is 0 Å². The zero-order valence-corrected chi connectivity index (χ0v) is 20.2. The molecule has 1 heterocycles. The van der Waals surface area contributed by atoms with Gasteiger partial charge in [-0.2, -0.15) is 0 Å². The monoisotopic (exact) mass is 482 g/mol. The number of carboxylic acids is 1. The van der Waals surface area contributed by atoms with Crippen molar-refractivity contribution in [2.24, 2.45) is 11.8 Å². The summed E-state index contributed by atoms with van der Waals surface area (Å²) in [6, 6.07) is 11.6. The Labute approximate surface area is 198 Å². The van der Waals surface area contributed by atoms with E-state index in [1.54, 1.807) is 24.9 Å². The molecule has 4 nitrogen and oxygen atoms in total. The van der Waals surface area contributed by atoms with Crippen LogP contribution in [0.2, 0.25) is 0 Å². The first kappa shape index (κ1) is 25.1. The molecule has 32 heavy (non-hydrogen) atoms. The van der Waals surface area contributed by atoms with Crippen LogP contribution in [0.5, 0.6) is 0 Å². The molecule has 1 aromatic carbocycles. The summed E-state index contributed by atoms with van der Waals surface area (Å²) in [5, 5.41) is 8.80. The van der Waals surface area contributed by atoms with E-state index in [-0.39, 0.29) is 29.1 Å². The lowest BCUT2D eigenvalue weighted by Crippen LogP contribution is -2.21. The molecule has 1 saturated carbocycles. The van der Waals surface area contributed by atoms with Crippen molar-refractivity contribution in [3.05, 3.63) is 53.5 Å². The van der Waals surface area contributed by atoms with Crippen molar-refractivity contribution in [2.75, 3.05) is 12.9 Å². The number of thioether (sulfide) groups is 1. The first-order valence-electron chi connectivity index (χ1n) is 11.3. The molecular formula is C25H32ClFO4S. The first-order chi connectivity index (χ1) is 15.4. The summed E-state index contributed by atoms with van der Waals surface area (Å²) in [6.45, 7) is 2.15. The zero-order chi connectivity index (χ0) is 23.1. The number of carbonyl (C=O) groups is 1. The van der Waals surface area contributed by atoms with E-state index in [9.17, 15) is 9.18 Å². The number of furan rings is 1. The highest BCUT2D eigenvalue weighted by molar-refractivity contribution is 7.99. The van der Waals surface area contributed by atoms with Crippen molar-refractivity contribution < 1.29 is 23.4 Å². The largest absolute Gasteiger partial charge is 0.475 e. The molecule has 5 atom stereocenters. The Balaban J connectivity index is 1.53. The van der Waals surface area contributed by atoms with Crippen LogP contribution in [0.15, 0.2) is 45.7 Å². The lowest BCUT2D eigenvalue weighted by atomic mass is 9.91. The van der Waals surface area contributed by atoms with Gasteiger partial charge < -0.3 is 14.3 Å². The van der Waals surface area contributed by atoms with E-state index in [1.165, 1.54) is 11.6 Å². The molecule has 3 rings (SSSR count). The molecule has 0 amide bonds. The van der Waals surface area contributed by atoms with Crippen LogP contribution >= 0.6 is 23.4 Å². The third-order valence-electron chi connectivity index (χ3n) is 6.29. The molecule has 0 bridgehead atoms. The number of rotatable bonds is 12. The quantitative estimate of drug-likeness (QED) is 0.257. The number of halogens is 2. The van der Waals surface area contributed by atoms with E-state index in [0.29, 0.717) is 25.0 Å². The second kappa shape index (κ2) is 12.1. The van der Waals surface area contributed by atoms with Crippen LogP contribution in [0, 0.1) is 11.8 Å². The highest BCUT2D eigenvalue weighted by Gasteiger charge is 2.42. The summed E-state index contributed by atoms with van der Waals surface area (Å²) in [6.07, 6.45) is 3.74. The Morgan fingerprint density at radius 3 is 2.66 bits per heavy atom. The van der Waals surface area contributed by atoms with E-state index in [4.69, 9.17) is 25.9 Å². The molecule has 1 aromatic heterocycles. The second-order valence-electron chi connectivity index (χ2n) is 8.45. The van der Waals surface area contributed by atoms with E-state index in [1.807, 2.05) is 0 Å². The highest BCUT2D eigenvalue weighted by Crippen LogP contribution is 2.43. The predicted molar refractivity (Wildman–Crippen MR) is 127 cm³/mol. The van der Waals surface area contributed by atoms with Crippen LogP contribution in [-0.4, -0.2) is 35.5 Å². The molecule has 2 aromatic rings. The van der Waals surface area contributed by atoms with Gasteiger partial charge in [-0.15, -0.1) is 23.4 Å². The van der Waals surface area contributed by atoms with Gasteiger partial charge in [0.15, 0.2) is 0 Å². The van der Waals surface area contributed by atoms with E-state index in [0.717, 1.165) is 29.9 Å². The Kier molecular flexibility index (Phi) is 9.50. The van der Waals surface area contributed by atoms with E-state index >= 15 is 0 Å². The number of carboxylic acid groups (broad SMARTS) is 1. The van der Waals surface area contributed by atoms with Gasteiger partial charge in [0.05, 0.1) is 6.10 Å². The van der Waals surface area contributed by atoms with E-state index < -0.39 is 12.1 Å². The molecule has 0 radical (unpaired) electrons. The number of ether oxygens (including phenoxy) is 1. The molecule has 176 valence electrons. The summed E-state index contributed by atoms with van der Waals surface area (Å²) >= 11 is 8.26. The fraction of sp³-hybridized carbons (Fsp3) is 0.560. The van der Waals surface area contributed by atoms with Crippen molar-refractivity contribution in [3.8, 4) is 0 Å². The third kappa shape index (κ3) is 6.52. The fourth-order valence-electron chi connectivity index (χ4n) is 4.52. The van der Waals surface area contributed by atoms with Gasteiger partial charge in [0, 0.05) is 29.6 Å². The molecule has 1 aliphatic carbocycles. The lowest BCUT2D eigenvalue weighted by molar-refractivity contribution is 0.0660. The molecular weight excluding hydrogens is 451 g/mol. The van der Waals surface area contributed by atoms with Crippen LogP contribution < -0.4 is 0 Å². The number of aryl methyl sites for hydroxylation is 1. The summed E-state index contributed by atoms with van der Waals surface area (Å²) in [4.78, 5) is 12.1. The molecule has 0 spiro atoms. The standard InChI is InChI=1S/C25H32ClFO4S/c1-3-5-23(30-2)16-8-11-18(12-9-16)32-15-20-19(22(27)14-21(20)26)7-4-6-17-10-13-24(31-17)25(28)29/h8-13,19-23H,3-7,14-15H2,1-2H3,(H,28,29)/t19-,20-,21?,22?,23?/m1/s1. The minimum absolute atomic E-state index is 0.0585. The molecule has 1 aliphatic rings. The first-order valence-corrected chi connectivity index (χ1v) is 12.7. The second-order valence-corrected chi connectivity index (χ2v) is 10.1. The number of benzene rings is 1. The normalized spacial score (nSPS) is 24.0. The van der Waals surface area contributed by atoms with Crippen molar-refractivity contribution in [1.82, 2.24) is 0 Å². The van der Waals surface area contributed by atoms with Crippen molar-refractivity contribution in [2.45, 2.75) is 68.0 Å². The maximum atomic E-state index is 14.7. The molecule has 7 heteroatoms. The van der Waals surface area contributed by atoms with Crippen LogP contribution in [0.25, 0.3) is 0 Å². The maximum absolute atomic E-state index is 14.7. The van der Waals surface area contributed by atoms with Gasteiger partial charge in [-0.05, 0) is 67.3 Å². The van der Waals surface area contributed by atoms with Crippen LogP contribution in [0.1, 0.15) is 67.0 Å². The average molecular weight is 483 g/mol. The summed E-state index contributed by atoms with van der Waals surface area (Å²) in [5.41, 5.74) is 1.18. The van der Waals surface area contributed by atoms with Crippen LogP contribution in [-0.2, 0) is 11.2 Å². The number of alkyl halides is 2. The SMILES string of the molecule is CCCC(OC)c1ccc(SC[C@H]2C(Cl)CC(F)[C@@H]2CCCc2ccc(C(=O)O)o2)cc1. The Morgan fingerprint density at radius 1 is 1.28 bits per heavy atom. The average Bonchev–Trinajstić information content (AvgIpc) is 3.36. The number of aromatic carboxylic acids is 1. The van der Waals surface area contributed by atoms with Crippen LogP contribution in [0.4, 0.5) is 4.39 Å². The van der Waals surface area contributed by atoms with Gasteiger partial charge in [0.25, 0.3) is 0 Å². The fourth-order valence-corrected chi connectivity index (χ4v) is 6.26. The predicted octanol–water partition coefficient (Wildman–Crippen LogP) is 7.16. The minimum Gasteiger partial charge on any atom is -0.475 e. The van der Waals surface area contributed by atoms with Crippen molar-refractivity contribution in [3.63, 3.8) is 0 Å². The number of hydrogen-bond acceptors (Lipinski definition) is 4. The summed E-state index contributed by atoms with van der Waals surface area (Å²) < 4.78 is 25.6. The summed E-state index contributed by atoms with van der Waals surface area (Å²) in [7, 11) is 1.74. The maximum Gasteiger partial charge on any atom is 0.371 e. The van der Waals surface area contributed by atoms with Gasteiger partial charge >= 0.3 is 5.97 Å². The lowest BCUT2D eigenvalue weighted by Gasteiger charge is -2.22. The Hall–Kier alpha value is -1.50. The molecule has 0 saturated heterocycles. The van der Waals surface area contributed by atoms with Crippen LogP contribution in [0.3, 0.4) is 0 Å². The van der Waals surface area contributed by atoms with Gasteiger partial charge in [0.1, 0.15) is 11.9 Å². The topological polar surface area (TPSA) is 59.7 Å². The van der Waals surface area contributed by atoms with Gasteiger partial charge in [-0.25, -0.2) is 9.18 Å². The van der Waals surface area contributed by atoms with Gasteiger partial charge in [0.2, 0.25) is 5.76 Å². The van der Waals surface area contributed by atoms with E-state index in [2.05, 4.69) is 31.2 Å². The highest BCUT2D eigenvalue weighted by atomic mass is 35.5. The van der Waals surface area contributed by atoms with Gasteiger partial charge in [-0.1, -0.05) is 25.5 Å². The number of methoxy groups -OCH3 is 1. The molecule has 3 unspecified atom stereocenters. The molecule has 1 N–H and O–H groups in total. The minimum atomic E-state index is -1.07. The van der Waals surface area contributed by atoms with Crippen molar-refractivity contribution in [1.29, 1.82) is 0 Å². The summed E-state index contributed by atoms with van der Waals surface area (Å²) in [5.74, 6) is 0.299. The molecule has 1 fully saturated rings. The zero-order valence-electron chi connectivity index (χ0n) is 18.6. The Morgan fingerprint density at radius 2 is 2.03 bits per heavy atom. The Bertz CT molecular complexity index is 856. The molecule has 0 aliphatic heterocycles. The third-order valence-corrected chi connectivity index (χ3v) is 7.95.